The molecule has 0 saturated carbocycles. The van der Waals surface area contributed by atoms with Gasteiger partial charge in [-0.2, -0.15) is 10.2 Å². The summed E-state index contributed by atoms with van der Waals surface area (Å²) in [6.07, 6.45) is 2.15. The third-order valence-corrected chi connectivity index (χ3v) is 5.01. The predicted octanol–water partition coefficient (Wildman–Crippen LogP) is 4.82. The van der Waals surface area contributed by atoms with Gasteiger partial charge in [-0.05, 0) is 52.1 Å². The van der Waals surface area contributed by atoms with Crippen molar-refractivity contribution < 1.29 is 0 Å². The minimum atomic E-state index is 0.785. The fourth-order valence-electron chi connectivity index (χ4n) is 3.57. The van der Waals surface area contributed by atoms with E-state index in [9.17, 15) is 0 Å². The van der Waals surface area contributed by atoms with Gasteiger partial charge in [-0.15, -0.1) is 0 Å². The maximum atomic E-state index is 4.95. The van der Waals surface area contributed by atoms with E-state index >= 15 is 0 Å². The highest BCUT2D eigenvalue weighted by atomic mass is 15.3. The second-order valence-electron chi connectivity index (χ2n) is 7.87. The van der Waals surface area contributed by atoms with Gasteiger partial charge in [0.15, 0.2) is 0 Å². The van der Waals surface area contributed by atoms with Crippen molar-refractivity contribution in [3.8, 4) is 16.9 Å². The maximum Gasteiger partial charge on any atom is 0.0972 e. The number of nitrogens with zero attached hydrogens (tertiary/aromatic N) is 4. The van der Waals surface area contributed by atoms with Gasteiger partial charge in [-0.1, -0.05) is 41.5 Å². The standard InChI is InChI=1S/C24H27N5/c1-17-8-10-23(11-9-17)29-15-21(14-28(4)16-22-13-19(3)25-26-22)24(27-29)20-7-5-6-18(2)12-20/h5-13,15H,14,16H2,1-4H3,(H,25,26). The first-order chi connectivity index (χ1) is 14.0. The topological polar surface area (TPSA) is 49.7 Å². The molecule has 0 aliphatic heterocycles. The van der Waals surface area contributed by atoms with Gasteiger partial charge in [-0.25, -0.2) is 4.68 Å². The number of rotatable bonds is 6. The van der Waals surface area contributed by atoms with Crippen LogP contribution in [0, 0.1) is 20.8 Å². The van der Waals surface area contributed by atoms with Gasteiger partial charge >= 0.3 is 0 Å². The van der Waals surface area contributed by atoms with Crippen molar-refractivity contribution in [1.29, 1.82) is 0 Å². The molecule has 4 aromatic rings. The summed E-state index contributed by atoms with van der Waals surface area (Å²) in [7, 11) is 2.12. The van der Waals surface area contributed by atoms with E-state index in [4.69, 9.17) is 5.10 Å². The van der Waals surface area contributed by atoms with Crippen molar-refractivity contribution in [2.45, 2.75) is 33.9 Å². The minimum absolute atomic E-state index is 0.785. The molecule has 0 unspecified atom stereocenters. The number of hydrogen-bond acceptors (Lipinski definition) is 3. The molecule has 2 aromatic carbocycles. The Labute approximate surface area is 172 Å². The van der Waals surface area contributed by atoms with Crippen LogP contribution in [0.1, 0.15) is 28.1 Å². The zero-order chi connectivity index (χ0) is 20.4. The number of hydrogen-bond donors (Lipinski definition) is 1. The van der Waals surface area contributed by atoms with E-state index in [1.165, 1.54) is 16.7 Å². The Balaban J connectivity index is 1.67. The van der Waals surface area contributed by atoms with Crippen LogP contribution in [0.15, 0.2) is 60.8 Å². The lowest BCUT2D eigenvalue weighted by Crippen LogP contribution is -2.17. The van der Waals surface area contributed by atoms with Crippen LogP contribution in [0.25, 0.3) is 16.9 Å². The Hall–Kier alpha value is -3.18. The Morgan fingerprint density at radius 3 is 2.41 bits per heavy atom. The van der Waals surface area contributed by atoms with Gasteiger partial charge in [0.05, 0.1) is 17.1 Å². The molecular weight excluding hydrogens is 358 g/mol. The third kappa shape index (κ3) is 4.46. The molecule has 0 bridgehead atoms. The van der Waals surface area contributed by atoms with E-state index in [1.807, 2.05) is 11.6 Å². The monoisotopic (exact) mass is 385 g/mol. The van der Waals surface area contributed by atoms with E-state index in [-0.39, 0.29) is 0 Å². The Morgan fingerprint density at radius 2 is 1.72 bits per heavy atom. The second-order valence-corrected chi connectivity index (χ2v) is 7.87. The van der Waals surface area contributed by atoms with Gasteiger partial charge < -0.3 is 0 Å². The molecule has 2 heterocycles. The zero-order valence-corrected chi connectivity index (χ0v) is 17.5. The average molecular weight is 386 g/mol. The predicted molar refractivity (Wildman–Crippen MR) is 117 cm³/mol. The summed E-state index contributed by atoms with van der Waals surface area (Å²) in [6, 6.07) is 19.1. The van der Waals surface area contributed by atoms with Crippen LogP contribution in [-0.2, 0) is 13.1 Å². The summed E-state index contributed by atoms with van der Waals surface area (Å²) in [5, 5.41) is 12.3. The largest absolute Gasteiger partial charge is 0.296 e. The van der Waals surface area contributed by atoms with Crippen LogP contribution in [0.5, 0.6) is 0 Å². The molecular formula is C24H27N5. The highest BCUT2D eigenvalue weighted by Gasteiger charge is 2.15. The molecule has 5 heteroatoms. The fourth-order valence-corrected chi connectivity index (χ4v) is 3.57. The highest BCUT2D eigenvalue weighted by Crippen LogP contribution is 2.26. The SMILES string of the molecule is Cc1ccc(-n2cc(CN(C)Cc3cc(C)[nH]n3)c(-c3cccc(C)c3)n2)cc1. The molecule has 5 nitrogen and oxygen atoms in total. The fraction of sp³-hybridized carbons (Fsp3) is 0.250. The van der Waals surface area contributed by atoms with Crippen molar-refractivity contribution in [3.63, 3.8) is 0 Å². The number of aromatic amines is 1. The van der Waals surface area contributed by atoms with Gasteiger partial charge in [0.2, 0.25) is 0 Å². The zero-order valence-electron chi connectivity index (χ0n) is 17.5. The smallest absolute Gasteiger partial charge is 0.0972 e. The lowest BCUT2D eigenvalue weighted by molar-refractivity contribution is 0.315. The summed E-state index contributed by atoms with van der Waals surface area (Å²) >= 11 is 0. The number of H-pyrrole nitrogens is 1. The Morgan fingerprint density at radius 1 is 0.931 bits per heavy atom. The van der Waals surface area contributed by atoms with Gasteiger partial charge in [0.1, 0.15) is 0 Å². The van der Waals surface area contributed by atoms with Crippen molar-refractivity contribution in [2.75, 3.05) is 7.05 Å². The molecule has 0 spiro atoms. The summed E-state index contributed by atoms with van der Waals surface area (Å²) < 4.78 is 1.99. The average Bonchev–Trinajstić information content (AvgIpc) is 3.28. The van der Waals surface area contributed by atoms with E-state index in [0.717, 1.165) is 41.4 Å². The maximum absolute atomic E-state index is 4.95. The summed E-state index contributed by atoms with van der Waals surface area (Å²) in [5.74, 6) is 0. The van der Waals surface area contributed by atoms with Crippen LogP contribution in [0.4, 0.5) is 0 Å². The van der Waals surface area contributed by atoms with Crippen molar-refractivity contribution in [2.24, 2.45) is 0 Å². The van der Waals surface area contributed by atoms with E-state index in [1.54, 1.807) is 0 Å². The Bertz CT molecular complexity index is 1100. The van der Waals surface area contributed by atoms with Gasteiger partial charge in [0.25, 0.3) is 0 Å². The number of aromatic nitrogens is 4. The first-order valence-electron chi connectivity index (χ1n) is 9.90. The molecule has 0 aliphatic rings. The van der Waals surface area contributed by atoms with Crippen LogP contribution < -0.4 is 0 Å². The summed E-state index contributed by atoms with van der Waals surface area (Å²) in [4.78, 5) is 2.27. The second kappa shape index (κ2) is 8.05. The molecule has 0 fully saturated rings. The van der Waals surface area contributed by atoms with Crippen molar-refractivity contribution in [3.05, 3.63) is 88.9 Å². The number of benzene rings is 2. The van der Waals surface area contributed by atoms with Crippen LogP contribution in [0.3, 0.4) is 0 Å². The van der Waals surface area contributed by atoms with E-state index in [0.29, 0.717) is 0 Å². The van der Waals surface area contributed by atoms with E-state index < -0.39 is 0 Å². The van der Waals surface area contributed by atoms with Crippen molar-refractivity contribution in [1.82, 2.24) is 24.9 Å². The van der Waals surface area contributed by atoms with Crippen LogP contribution >= 0.6 is 0 Å². The quantitative estimate of drug-likeness (QED) is 0.518. The molecule has 0 aliphatic carbocycles. The first-order valence-corrected chi connectivity index (χ1v) is 9.90. The third-order valence-electron chi connectivity index (χ3n) is 5.01. The lowest BCUT2D eigenvalue weighted by Gasteiger charge is -2.15. The number of nitrogens with one attached hydrogen (secondary N) is 1. The van der Waals surface area contributed by atoms with Crippen LogP contribution in [-0.4, -0.2) is 31.9 Å². The first kappa shape index (κ1) is 19.2. The van der Waals surface area contributed by atoms with Gasteiger partial charge in [-0.3, -0.25) is 10.00 Å². The van der Waals surface area contributed by atoms with Crippen molar-refractivity contribution >= 4 is 0 Å². The molecule has 0 amide bonds. The van der Waals surface area contributed by atoms with Crippen LogP contribution in [0.2, 0.25) is 0 Å². The molecule has 0 radical (unpaired) electrons. The molecule has 1 N–H and O–H groups in total. The molecule has 4 rings (SSSR count). The summed E-state index contributed by atoms with van der Waals surface area (Å²) in [5.41, 5.74) is 9.06. The van der Waals surface area contributed by atoms with Gasteiger partial charge in [0, 0.05) is 36.1 Å². The normalized spacial score (nSPS) is 11.3. The molecule has 2 aromatic heterocycles. The molecule has 148 valence electrons. The number of aryl methyl sites for hydroxylation is 3. The molecule has 0 saturated heterocycles. The summed E-state index contributed by atoms with van der Waals surface area (Å²) in [6.45, 7) is 7.82. The lowest BCUT2D eigenvalue weighted by atomic mass is 10.1. The molecule has 29 heavy (non-hydrogen) atoms. The minimum Gasteiger partial charge on any atom is -0.296 e. The van der Waals surface area contributed by atoms with E-state index in [2.05, 4.69) is 96.8 Å². The Kier molecular flexibility index (Phi) is 5.32. The highest BCUT2D eigenvalue weighted by molar-refractivity contribution is 5.64. The molecule has 0 atom stereocenters.